The second kappa shape index (κ2) is 7.51. The predicted molar refractivity (Wildman–Crippen MR) is 93.1 cm³/mol. The van der Waals surface area contributed by atoms with Gasteiger partial charge in [0, 0.05) is 37.4 Å². The Kier molecular flexibility index (Phi) is 5.18. The van der Waals surface area contributed by atoms with Gasteiger partial charge < -0.3 is 14.2 Å². The molecule has 2 heterocycles. The molecular weight excluding hydrogens is 302 g/mol. The van der Waals surface area contributed by atoms with Gasteiger partial charge >= 0.3 is 0 Å². The summed E-state index contributed by atoms with van der Waals surface area (Å²) in [6.07, 6.45) is 5.97. The fraction of sp³-hybridized carbons (Fsp3) is 0.474. The van der Waals surface area contributed by atoms with Gasteiger partial charge in [-0.05, 0) is 38.8 Å². The van der Waals surface area contributed by atoms with Gasteiger partial charge in [0.05, 0.1) is 0 Å². The number of para-hydroxylation sites is 1. The number of carbonyl (C=O) groups excluding carboxylic acids is 1. The average molecular weight is 327 g/mol. The van der Waals surface area contributed by atoms with E-state index >= 15 is 0 Å². The number of rotatable bonds is 5. The van der Waals surface area contributed by atoms with E-state index in [0.29, 0.717) is 12.0 Å². The molecule has 1 saturated heterocycles. The topological polar surface area (TPSA) is 47.4 Å². The van der Waals surface area contributed by atoms with Crippen molar-refractivity contribution in [1.29, 1.82) is 0 Å². The molecule has 1 amide bonds. The third-order valence-corrected chi connectivity index (χ3v) is 4.50. The highest BCUT2D eigenvalue weighted by Gasteiger charge is 2.27. The first-order valence-corrected chi connectivity index (χ1v) is 8.63. The third kappa shape index (κ3) is 3.78. The summed E-state index contributed by atoms with van der Waals surface area (Å²) in [4.78, 5) is 18.9. The molecular formula is C19H25N3O2. The van der Waals surface area contributed by atoms with Crippen LogP contribution in [0.5, 0.6) is 5.75 Å². The largest absolute Gasteiger partial charge is 0.484 e. The maximum atomic E-state index is 12.5. The Bertz CT molecular complexity index is 666. The van der Waals surface area contributed by atoms with Crippen LogP contribution in [0.2, 0.25) is 0 Å². The van der Waals surface area contributed by atoms with Crippen molar-refractivity contribution in [3.05, 3.63) is 48.5 Å². The van der Waals surface area contributed by atoms with Crippen molar-refractivity contribution >= 4 is 5.91 Å². The number of piperidine rings is 1. The van der Waals surface area contributed by atoms with Gasteiger partial charge in [0.15, 0.2) is 6.61 Å². The molecule has 0 unspecified atom stereocenters. The standard InChI is InChI=1S/C19H25N3O2/c1-15(2)22-12-10-20-19(22)16-7-6-11-21(13-16)18(23)14-24-17-8-4-3-5-9-17/h3-5,8-10,12,15-16H,6-7,11,13-14H2,1-2H3/t16-/m1/s1. The number of amides is 1. The van der Waals surface area contributed by atoms with E-state index in [1.807, 2.05) is 47.6 Å². The number of nitrogens with zero attached hydrogens (tertiary/aromatic N) is 3. The van der Waals surface area contributed by atoms with Crippen molar-refractivity contribution in [3.63, 3.8) is 0 Å². The molecule has 3 rings (SSSR count). The van der Waals surface area contributed by atoms with E-state index in [4.69, 9.17) is 4.74 Å². The maximum absolute atomic E-state index is 12.5. The van der Waals surface area contributed by atoms with Gasteiger partial charge in [-0.1, -0.05) is 18.2 Å². The minimum absolute atomic E-state index is 0.0474. The number of imidazole rings is 1. The van der Waals surface area contributed by atoms with Gasteiger partial charge in [0.1, 0.15) is 11.6 Å². The van der Waals surface area contributed by atoms with Crippen molar-refractivity contribution in [1.82, 2.24) is 14.5 Å². The summed E-state index contributed by atoms with van der Waals surface area (Å²) in [6, 6.07) is 9.86. The molecule has 0 radical (unpaired) electrons. The highest BCUT2D eigenvalue weighted by molar-refractivity contribution is 5.78. The third-order valence-electron chi connectivity index (χ3n) is 4.50. The van der Waals surface area contributed by atoms with E-state index in [-0.39, 0.29) is 12.5 Å². The summed E-state index contributed by atoms with van der Waals surface area (Å²) in [5.74, 6) is 2.17. The molecule has 0 aliphatic carbocycles. The van der Waals surface area contributed by atoms with Crippen molar-refractivity contribution in [2.24, 2.45) is 0 Å². The smallest absolute Gasteiger partial charge is 0.260 e. The Morgan fingerprint density at radius 1 is 1.33 bits per heavy atom. The molecule has 5 heteroatoms. The molecule has 0 spiro atoms. The minimum Gasteiger partial charge on any atom is -0.484 e. The lowest BCUT2D eigenvalue weighted by molar-refractivity contribution is -0.134. The molecule has 1 aliphatic heterocycles. The van der Waals surface area contributed by atoms with Crippen LogP contribution in [0.3, 0.4) is 0 Å². The molecule has 1 aromatic heterocycles. The SMILES string of the molecule is CC(C)n1ccnc1[C@@H]1CCCN(C(=O)COc2ccccc2)C1. The second-order valence-electron chi connectivity index (χ2n) is 6.57. The number of carbonyl (C=O) groups is 1. The fourth-order valence-corrected chi connectivity index (χ4v) is 3.24. The summed E-state index contributed by atoms with van der Waals surface area (Å²) in [5.41, 5.74) is 0. The molecule has 128 valence electrons. The lowest BCUT2D eigenvalue weighted by Gasteiger charge is -2.33. The molecule has 0 saturated carbocycles. The van der Waals surface area contributed by atoms with Gasteiger partial charge in [-0.3, -0.25) is 4.79 Å². The maximum Gasteiger partial charge on any atom is 0.260 e. The molecule has 1 fully saturated rings. The fourth-order valence-electron chi connectivity index (χ4n) is 3.24. The van der Waals surface area contributed by atoms with Crippen molar-refractivity contribution in [2.45, 2.75) is 38.6 Å². The lowest BCUT2D eigenvalue weighted by Crippen LogP contribution is -2.42. The van der Waals surface area contributed by atoms with Crippen LogP contribution in [0.4, 0.5) is 0 Å². The number of ether oxygens (including phenoxy) is 1. The van der Waals surface area contributed by atoms with Crippen molar-refractivity contribution in [3.8, 4) is 5.75 Å². The first-order chi connectivity index (χ1) is 11.6. The molecule has 1 aliphatic rings. The van der Waals surface area contributed by atoms with E-state index in [2.05, 4.69) is 23.4 Å². The lowest BCUT2D eigenvalue weighted by atomic mass is 9.97. The zero-order chi connectivity index (χ0) is 16.9. The summed E-state index contributed by atoms with van der Waals surface area (Å²) < 4.78 is 7.80. The van der Waals surface area contributed by atoms with Crippen LogP contribution in [-0.2, 0) is 4.79 Å². The Hall–Kier alpha value is -2.30. The molecule has 5 nitrogen and oxygen atoms in total. The van der Waals surface area contributed by atoms with Gasteiger partial charge in [-0.2, -0.15) is 0 Å². The zero-order valence-electron chi connectivity index (χ0n) is 14.4. The number of likely N-dealkylation sites (tertiary alicyclic amines) is 1. The average Bonchev–Trinajstić information content (AvgIpc) is 3.11. The molecule has 1 aromatic carbocycles. The number of hydrogen-bond donors (Lipinski definition) is 0. The van der Waals surface area contributed by atoms with E-state index in [1.165, 1.54) is 0 Å². The summed E-state index contributed by atoms with van der Waals surface area (Å²) in [7, 11) is 0. The Morgan fingerprint density at radius 3 is 2.88 bits per heavy atom. The normalized spacial score (nSPS) is 18.0. The molecule has 24 heavy (non-hydrogen) atoms. The highest BCUT2D eigenvalue weighted by atomic mass is 16.5. The van der Waals surface area contributed by atoms with Gasteiger partial charge in [-0.15, -0.1) is 0 Å². The van der Waals surface area contributed by atoms with Gasteiger partial charge in [0.2, 0.25) is 0 Å². The van der Waals surface area contributed by atoms with Crippen molar-refractivity contribution in [2.75, 3.05) is 19.7 Å². The Labute approximate surface area is 143 Å². The van der Waals surface area contributed by atoms with E-state index in [9.17, 15) is 4.79 Å². The summed E-state index contributed by atoms with van der Waals surface area (Å²) in [6.45, 7) is 5.93. The van der Waals surface area contributed by atoms with E-state index < -0.39 is 0 Å². The Balaban J connectivity index is 1.60. The first kappa shape index (κ1) is 16.6. The van der Waals surface area contributed by atoms with Gasteiger partial charge in [-0.25, -0.2) is 4.98 Å². The monoisotopic (exact) mass is 327 g/mol. The van der Waals surface area contributed by atoms with Crippen LogP contribution in [0.25, 0.3) is 0 Å². The van der Waals surface area contributed by atoms with Crippen LogP contribution in [0, 0.1) is 0 Å². The van der Waals surface area contributed by atoms with E-state index in [1.54, 1.807) is 0 Å². The van der Waals surface area contributed by atoms with Crippen LogP contribution >= 0.6 is 0 Å². The first-order valence-electron chi connectivity index (χ1n) is 8.63. The second-order valence-corrected chi connectivity index (χ2v) is 6.57. The van der Waals surface area contributed by atoms with Gasteiger partial charge in [0.25, 0.3) is 5.91 Å². The Morgan fingerprint density at radius 2 is 2.12 bits per heavy atom. The van der Waals surface area contributed by atoms with Crippen LogP contribution in [-0.4, -0.2) is 40.1 Å². The van der Waals surface area contributed by atoms with Crippen molar-refractivity contribution < 1.29 is 9.53 Å². The number of benzene rings is 1. The van der Waals surface area contributed by atoms with Crippen LogP contribution in [0.15, 0.2) is 42.7 Å². The molecule has 0 N–H and O–H groups in total. The minimum atomic E-state index is 0.0474. The van der Waals surface area contributed by atoms with Crippen LogP contribution < -0.4 is 4.74 Å². The quantitative estimate of drug-likeness (QED) is 0.847. The molecule has 0 bridgehead atoms. The number of aromatic nitrogens is 2. The molecule has 1 atom stereocenters. The predicted octanol–water partition coefficient (Wildman–Crippen LogP) is 3.25. The zero-order valence-corrected chi connectivity index (χ0v) is 14.4. The summed E-state index contributed by atoms with van der Waals surface area (Å²) >= 11 is 0. The highest BCUT2D eigenvalue weighted by Crippen LogP contribution is 2.27. The van der Waals surface area contributed by atoms with Crippen LogP contribution in [0.1, 0.15) is 44.5 Å². The summed E-state index contributed by atoms with van der Waals surface area (Å²) in [5, 5.41) is 0. The van der Waals surface area contributed by atoms with E-state index in [0.717, 1.165) is 37.5 Å². The number of hydrogen-bond acceptors (Lipinski definition) is 3. The molecule has 2 aromatic rings.